The Kier molecular flexibility index (Phi) is 5.38. The second-order valence-corrected chi connectivity index (χ2v) is 3.66. The smallest absolute Gasteiger partial charge is 0.101 e. The Balaban J connectivity index is 2.52. The van der Waals surface area contributed by atoms with E-state index in [1.54, 1.807) is 0 Å². The zero-order chi connectivity index (χ0) is 11.8. The Labute approximate surface area is 97.3 Å². The van der Waals surface area contributed by atoms with Crippen molar-refractivity contribution in [3.63, 3.8) is 0 Å². The second-order valence-electron chi connectivity index (χ2n) is 3.66. The summed E-state index contributed by atoms with van der Waals surface area (Å²) in [6.45, 7) is 4.39. The molecule has 0 fully saturated rings. The molecule has 0 atom stereocenters. The molecule has 0 spiro atoms. The van der Waals surface area contributed by atoms with Gasteiger partial charge in [-0.25, -0.2) is 0 Å². The lowest BCUT2D eigenvalue weighted by Gasteiger charge is -2.20. The van der Waals surface area contributed by atoms with Crippen molar-refractivity contribution >= 4 is 5.69 Å². The van der Waals surface area contributed by atoms with Gasteiger partial charge in [-0.3, -0.25) is 0 Å². The highest BCUT2D eigenvalue weighted by Gasteiger charge is 2.05. The summed E-state index contributed by atoms with van der Waals surface area (Å²) >= 11 is 0. The first-order valence-corrected chi connectivity index (χ1v) is 5.57. The van der Waals surface area contributed by atoms with E-state index in [0.717, 1.165) is 25.3 Å². The minimum Gasteiger partial charge on any atom is -0.380 e. The molecular weight excluding hydrogens is 200 g/mol. The van der Waals surface area contributed by atoms with Crippen molar-refractivity contribution in [1.29, 1.82) is 5.26 Å². The van der Waals surface area contributed by atoms with E-state index in [1.807, 2.05) is 36.2 Å². The summed E-state index contributed by atoms with van der Waals surface area (Å²) in [5.74, 6) is 0. The van der Waals surface area contributed by atoms with E-state index in [-0.39, 0.29) is 0 Å². The molecule has 3 heteroatoms. The fourth-order valence-electron chi connectivity index (χ4n) is 1.47. The van der Waals surface area contributed by atoms with Crippen LogP contribution < -0.4 is 4.90 Å². The summed E-state index contributed by atoms with van der Waals surface area (Å²) in [5, 5.41) is 8.97. The molecule has 1 aromatic rings. The van der Waals surface area contributed by atoms with Crippen molar-refractivity contribution in [3.8, 4) is 6.07 Å². The molecule has 0 N–H and O–H groups in total. The highest BCUT2D eigenvalue weighted by molar-refractivity contribution is 5.58. The van der Waals surface area contributed by atoms with Crippen molar-refractivity contribution in [1.82, 2.24) is 0 Å². The molecule has 86 valence electrons. The molecule has 16 heavy (non-hydrogen) atoms. The Bertz CT molecular complexity index is 357. The van der Waals surface area contributed by atoms with Gasteiger partial charge in [0.05, 0.1) is 17.9 Å². The summed E-state index contributed by atoms with van der Waals surface area (Å²) in [7, 11) is 1.98. The number of hydrogen-bond acceptors (Lipinski definition) is 3. The van der Waals surface area contributed by atoms with E-state index >= 15 is 0 Å². The quantitative estimate of drug-likeness (QED) is 0.688. The van der Waals surface area contributed by atoms with Gasteiger partial charge in [0.1, 0.15) is 6.07 Å². The molecule has 0 aliphatic heterocycles. The summed E-state index contributed by atoms with van der Waals surface area (Å²) in [6.07, 6.45) is 1.04. The third-order valence-corrected chi connectivity index (χ3v) is 2.36. The van der Waals surface area contributed by atoms with Crippen LogP contribution in [0.1, 0.15) is 18.9 Å². The Hall–Kier alpha value is -1.53. The van der Waals surface area contributed by atoms with E-state index in [1.165, 1.54) is 0 Å². The fourth-order valence-corrected chi connectivity index (χ4v) is 1.47. The van der Waals surface area contributed by atoms with E-state index < -0.39 is 0 Å². The Morgan fingerprint density at radius 3 is 2.75 bits per heavy atom. The SMILES string of the molecule is CCCOCCN(C)c1ccccc1C#N. The number of likely N-dealkylation sites (N-methyl/N-ethyl adjacent to an activating group) is 1. The molecule has 0 saturated heterocycles. The summed E-state index contributed by atoms with van der Waals surface area (Å²) in [5.41, 5.74) is 1.67. The Morgan fingerprint density at radius 2 is 2.06 bits per heavy atom. The minimum atomic E-state index is 0.699. The van der Waals surface area contributed by atoms with Crippen LogP contribution >= 0.6 is 0 Å². The molecule has 0 unspecified atom stereocenters. The molecule has 0 aliphatic carbocycles. The zero-order valence-corrected chi connectivity index (χ0v) is 9.94. The van der Waals surface area contributed by atoms with Crippen molar-refractivity contribution < 1.29 is 4.74 Å². The largest absolute Gasteiger partial charge is 0.380 e. The molecule has 3 nitrogen and oxygen atoms in total. The first-order chi connectivity index (χ1) is 7.79. The normalized spacial score (nSPS) is 9.81. The maximum atomic E-state index is 8.97. The van der Waals surface area contributed by atoms with Crippen molar-refractivity contribution in [2.75, 3.05) is 31.7 Å². The fraction of sp³-hybridized carbons (Fsp3) is 0.462. The molecule has 0 bridgehead atoms. The first kappa shape index (κ1) is 12.5. The van der Waals surface area contributed by atoms with Gasteiger partial charge < -0.3 is 9.64 Å². The molecule has 0 radical (unpaired) electrons. The van der Waals surface area contributed by atoms with E-state index in [0.29, 0.717) is 12.2 Å². The average Bonchev–Trinajstić information content (AvgIpc) is 2.34. The third-order valence-electron chi connectivity index (χ3n) is 2.36. The number of anilines is 1. The van der Waals surface area contributed by atoms with Crippen LogP contribution in [0.5, 0.6) is 0 Å². The number of nitriles is 1. The number of benzene rings is 1. The number of nitrogens with zero attached hydrogens (tertiary/aromatic N) is 2. The molecule has 0 aromatic heterocycles. The molecule has 0 amide bonds. The highest BCUT2D eigenvalue weighted by Crippen LogP contribution is 2.17. The monoisotopic (exact) mass is 218 g/mol. The van der Waals surface area contributed by atoms with Gasteiger partial charge in [-0.2, -0.15) is 5.26 Å². The van der Waals surface area contributed by atoms with Gasteiger partial charge in [0.25, 0.3) is 0 Å². The topological polar surface area (TPSA) is 36.3 Å². The van der Waals surface area contributed by atoms with Crippen molar-refractivity contribution in [3.05, 3.63) is 29.8 Å². The highest BCUT2D eigenvalue weighted by atomic mass is 16.5. The lowest BCUT2D eigenvalue weighted by Crippen LogP contribution is -2.23. The number of ether oxygens (including phenoxy) is 1. The number of rotatable bonds is 6. The molecule has 1 aromatic carbocycles. The number of hydrogen-bond donors (Lipinski definition) is 0. The zero-order valence-electron chi connectivity index (χ0n) is 9.94. The maximum Gasteiger partial charge on any atom is 0.101 e. The van der Waals surface area contributed by atoms with E-state index in [2.05, 4.69) is 13.0 Å². The van der Waals surface area contributed by atoms with Crippen LogP contribution in [0.4, 0.5) is 5.69 Å². The number of para-hydroxylation sites is 1. The van der Waals surface area contributed by atoms with Crippen LogP contribution in [0.2, 0.25) is 0 Å². The molecule has 0 aliphatic rings. The van der Waals surface area contributed by atoms with Crippen LogP contribution in [-0.4, -0.2) is 26.8 Å². The van der Waals surface area contributed by atoms with E-state index in [9.17, 15) is 0 Å². The van der Waals surface area contributed by atoms with E-state index in [4.69, 9.17) is 10.00 Å². The van der Waals surface area contributed by atoms with Gasteiger partial charge in [-0.05, 0) is 18.6 Å². The molecule has 0 saturated carbocycles. The van der Waals surface area contributed by atoms with Gasteiger partial charge >= 0.3 is 0 Å². The lowest BCUT2D eigenvalue weighted by atomic mass is 10.2. The van der Waals surface area contributed by atoms with Gasteiger partial charge in [0.15, 0.2) is 0 Å². The molecule has 1 rings (SSSR count). The van der Waals surface area contributed by atoms with Gasteiger partial charge in [0.2, 0.25) is 0 Å². The third kappa shape index (κ3) is 3.56. The first-order valence-electron chi connectivity index (χ1n) is 5.57. The predicted molar refractivity (Wildman–Crippen MR) is 65.5 cm³/mol. The molecule has 0 heterocycles. The van der Waals surface area contributed by atoms with Crippen molar-refractivity contribution in [2.24, 2.45) is 0 Å². The van der Waals surface area contributed by atoms with Crippen LogP contribution in [-0.2, 0) is 4.74 Å². The predicted octanol–water partition coefficient (Wildman–Crippen LogP) is 2.42. The summed E-state index contributed by atoms with van der Waals surface area (Å²) in [4.78, 5) is 2.05. The van der Waals surface area contributed by atoms with Crippen LogP contribution in [0, 0.1) is 11.3 Å². The lowest BCUT2D eigenvalue weighted by molar-refractivity contribution is 0.141. The summed E-state index contributed by atoms with van der Waals surface area (Å²) < 4.78 is 5.42. The maximum absolute atomic E-state index is 8.97. The van der Waals surface area contributed by atoms with Gasteiger partial charge in [0, 0.05) is 20.2 Å². The van der Waals surface area contributed by atoms with Gasteiger partial charge in [-0.1, -0.05) is 19.1 Å². The second kappa shape index (κ2) is 6.86. The van der Waals surface area contributed by atoms with Crippen LogP contribution in [0.15, 0.2) is 24.3 Å². The standard InChI is InChI=1S/C13H18N2O/c1-3-9-16-10-8-15(2)13-7-5-4-6-12(13)11-14/h4-7H,3,8-10H2,1-2H3. The molecular formula is C13H18N2O. The van der Waals surface area contributed by atoms with Crippen LogP contribution in [0.25, 0.3) is 0 Å². The van der Waals surface area contributed by atoms with Crippen molar-refractivity contribution in [2.45, 2.75) is 13.3 Å². The average molecular weight is 218 g/mol. The van der Waals surface area contributed by atoms with Crippen LogP contribution in [0.3, 0.4) is 0 Å². The summed E-state index contributed by atoms with van der Waals surface area (Å²) in [6, 6.07) is 9.81. The Morgan fingerprint density at radius 1 is 1.31 bits per heavy atom. The minimum absolute atomic E-state index is 0.699. The van der Waals surface area contributed by atoms with Gasteiger partial charge in [-0.15, -0.1) is 0 Å².